The summed E-state index contributed by atoms with van der Waals surface area (Å²) < 4.78 is 23.9. The summed E-state index contributed by atoms with van der Waals surface area (Å²) in [5, 5.41) is 3.01. The molecule has 0 atom stereocenters. The van der Waals surface area contributed by atoms with Gasteiger partial charge in [-0.2, -0.15) is 0 Å². The van der Waals surface area contributed by atoms with E-state index in [0.717, 1.165) is 19.3 Å². The molecule has 1 aromatic carbocycles. The molecule has 4 nitrogen and oxygen atoms in total. The molecule has 2 aromatic rings. The van der Waals surface area contributed by atoms with E-state index < -0.39 is 5.82 Å². The Kier molecular flexibility index (Phi) is 7.12. The maximum atomic E-state index is 13.0. The number of hydrogen-bond donors (Lipinski definition) is 1. The highest BCUT2D eigenvalue weighted by molar-refractivity contribution is 6.32. The van der Waals surface area contributed by atoms with Gasteiger partial charge < -0.3 is 14.5 Å². The minimum absolute atomic E-state index is 0.106. The minimum Gasteiger partial charge on any atom is -0.484 e. The SMILES string of the molecule is CCCCCCNC(=O)c1ccc(COc2ccc(F)cc2Cl)o1. The predicted octanol–water partition coefficient (Wildman–Crippen LogP) is 4.96. The number of unbranched alkanes of at least 4 members (excludes halogenated alkanes) is 3. The lowest BCUT2D eigenvalue weighted by Gasteiger charge is -2.06. The molecule has 0 fully saturated rings. The zero-order valence-corrected chi connectivity index (χ0v) is 14.4. The molecule has 24 heavy (non-hydrogen) atoms. The molecule has 0 aliphatic carbocycles. The molecule has 1 N–H and O–H groups in total. The monoisotopic (exact) mass is 353 g/mol. The highest BCUT2D eigenvalue weighted by atomic mass is 35.5. The molecule has 6 heteroatoms. The summed E-state index contributed by atoms with van der Waals surface area (Å²) >= 11 is 5.89. The summed E-state index contributed by atoms with van der Waals surface area (Å²) in [6.45, 7) is 2.88. The van der Waals surface area contributed by atoms with Crippen LogP contribution in [0, 0.1) is 5.82 Å². The maximum absolute atomic E-state index is 13.0. The van der Waals surface area contributed by atoms with E-state index in [1.54, 1.807) is 12.1 Å². The number of carbonyl (C=O) groups is 1. The molecule has 2 rings (SSSR count). The molecule has 1 aromatic heterocycles. The van der Waals surface area contributed by atoms with Crippen LogP contribution in [0.5, 0.6) is 5.75 Å². The molecule has 0 aliphatic heterocycles. The van der Waals surface area contributed by atoms with Gasteiger partial charge in [0, 0.05) is 6.54 Å². The van der Waals surface area contributed by atoms with Gasteiger partial charge in [-0.05, 0) is 36.8 Å². The van der Waals surface area contributed by atoms with Crippen LogP contribution in [0.1, 0.15) is 48.9 Å². The average molecular weight is 354 g/mol. The van der Waals surface area contributed by atoms with E-state index >= 15 is 0 Å². The molecule has 1 heterocycles. The van der Waals surface area contributed by atoms with Gasteiger partial charge >= 0.3 is 0 Å². The van der Waals surface area contributed by atoms with E-state index in [4.69, 9.17) is 20.8 Å². The van der Waals surface area contributed by atoms with E-state index in [0.29, 0.717) is 18.1 Å². The Balaban J connectivity index is 1.81. The first-order valence-corrected chi connectivity index (χ1v) is 8.42. The second-order valence-electron chi connectivity index (χ2n) is 5.45. The van der Waals surface area contributed by atoms with E-state index in [9.17, 15) is 9.18 Å². The minimum atomic E-state index is -0.428. The van der Waals surface area contributed by atoms with Crippen LogP contribution in [0.4, 0.5) is 4.39 Å². The summed E-state index contributed by atoms with van der Waals surface area (Å²) in [5.74, 6) is 0.429. The second kappa shape index (κ2) is 9.33. The molecule has 130 valence electrons. The summed E-state index contributed by atoms with van der Waals surface area (Å²) in [5.41, 5.74) is 0. The van der Waals surface area contributed by atoms with Crippen molar-refractivity contribution in [1.29, 1.82) is 0 Å². The Morgan fingerprint density at radius 1 is 1.25 bits per heavy atom. The Bertz CT molecular complexity index is 672. The molecule has 1 amide bonds. The van der Waals surface area contributed by atoms with E-state index in [2.05, 4.69) is 12.2 Å². The van der Waals surface area contributed by atoms with Gasteiger partial charge in [-0.25, -0.2) is 4.39 Å². The Morgan fingerprint density at radius 3 is 2.83 bits per heavy atom. The van der Waals surface area contributed by atoms with Crippen LogP contribution in [0.25, 0.3) is 0 Å². The quantitative estimate of drug-likeness (QED) is 0.648. The van der Waals surface area contributed by atoms with Crippen molar-refractivity contribution >= 4 is 17.5 Å². The van der Waals surface area contributed by atoms with Crippen molar-refractivity contribution in [2.45, 2.75) is 39.2 Å². The van der Waals surface area contributed by atoms with Crippen LogP contribution in [0.15, 0.2) is 34.7 Å². The molecule has 0 saturated carbocycles. The van der Waals surface area contributed by atoms with E-state index in [-0.39, 0.29) is 23.3 Å². The Morgan fingerprint density at radius 2 is 2.08 bits per heavy atom. The van der Waals surface area contributed by atoms with Crippen molar-refractivity contribution < 1.29 is 18.3 Å². The number of furan rings is 1. The number of rotatable bonds is 9. The number of carbonyl (C=O) groups excluding carboxylic acids is 1. The average Bonchev–Trinajstić information content (AvgIpc) is 3.03. The summed E-state index contributed by atoms with van der Waals surface area (Å²) in [4.78, 5) is 11.9. The molecule has 0 bridgehead atoms. The molecular formula is C18H21ClFNO3. The molecule has 0 saturated heterocycles. The zero-order chi connectivity index (χ0) is 17.4. The number of halogens is 2. The van der Waals surface area contributed by atoms with Crippen molar-refractivity contribution in [3.05, 3.63) is 52.7 Å². The largest absolute Gasteiger partial charge is 0.484 e. The third-order valence-electron chi connectivity index (χ3n) is 3.47. The standard InChI is InChI=1S/C18H21ClFNO3/c1-2-3-4-5-10-21-18(22)17-9-7-14(24-17)12-23-16-8-6-13(20)11-15(16)19/h6-9,11H,2-5,10,12H2,1H3,(H,21,22). The zero-order valence-electron chi connectivity index (χ0n) is 13.6. The fourth-order valence-corrected chi connectivity index (χ4v) is 2.38. The van der Waals surface area contributed by atoms with Gasteiger partial charge in [0.15, 0.2) is 5.76 Å². The summed E-state index contributed by atoms with van der Waals surface area (Å²) in [7, 11) is 0. The van der Waals surface area contributed by atoms with Crippen LogP contribution in [0.2, 0.25) is 5.02 Å². The van der Waals surface area contributed by atoms with Crippen molar-refractivity contribution in [2.24, 2.45) is 0 Å². The van der Waals surface area contributed by atoms with Gasteiger partial charge in [-0.1, -0.05) is 37.8 Å². The topological polar surface area (TPSA) is 51.5 Å². The Labute approximate surface area is 145 Å². The van der Waals surface area contributed by atoms with Crippen molar-refractivity contribution in [3.8, 4) is 5.75 Å². The fourth-order valence-electron chi connectivity index (χ4n) is 2.16. The number of benzene rings is 1. The third-order valence-corrected chi connectivity index (χ3v) is 3.76. The van der Waals surface area contributed by atoms with Gasteiger partial charge in [0.1, 0.15) is 23.9 Å². The number of ether oxygens (including phenoxy) is 1. The lowest BCUT2D eigenvalue weighted by molar-refractivity contribution is 0.0921. The summed E-state index contributed by atoms with van der Waals surface area (Å²) in [6, 6.07) is 7.16. The number of hydrogen-bond acceptors (Lipinski definition) is 3. The van der Waals surface area contributed by atoms with Gasteiger partial charge in [0.05, 0.1) is 5.02 Å². The fraction of sp³-hybridized carbons (Fsp3) is 0.389. The maximum Gasteiger partial charge on any atom is 0.286 e. The molecule has 0 spiro atoms. The first kappa shape index (κ1) is 18.3. The van der Waals surface area contributed by atoms with Gasteiger partial charge in [-0.3, -0.25) is 4.79 Å². The van der Waals surface area contributed by atoms with Crippen LogP contribution in [-0.2, 0) is 6.61 Å². The van der Waals surface area contributed by atoms with E-state index in [1.807, 2.05) is 0 Å². The van der Waals surface area contributed by atoms with E-state index in [1.165, 1.54) is 24.6 Å². The van der Waals surface area contributed by atoms with Crippen LogP contribution in [-0.4, -0.2) is 12.5 Å². The highest BCUT2D eigenvalue weighted by Gasteiger charge is 2.11. The second-order valence-corrected chi connectivity index (χ2v) is 5.85. The highest BCUT2D eigenvalue weighted by Crippen LogP contribution is 2.25. The van der Waals surface area contributed by atoms with Gasteiger partial charge in [0.25, 0.3) is 5.91 Å². The van der Waals surface area contributed by atoms with Crippen molar-refractivity contribution in [1.82, 2.24) is 5.32 Å². The van der Waals surface area contributed by atoms with Gasteiger partial charge in [-0.15, -0.1) is 0 Å². The van der Waals surface area contributed by atoms with Gasteiger partial charge in [0.2, 0.25) is 0 Å². The predicted molar refractivity (Wildman–Crippen MR) is 90.9 cm³/mol. The molecule has 0 aliphatic rings. The first-order chi connectivity index (χ1) is 11.6. The van der Waals surface area contributed by atoms with Crippen molar-refractivity contribution in [3.63, 3.8) is 0 Å². The lowest BCUT2D eigenvalue weighted by Crippen LogP contribution is -2.23. The normalized spacial score (nSPS) is 10.6. The van der Waals surface area contributed by atoms with Crippen LogP contribution < -0.4 is 10.1 Å². The molecule has 0 unspecified atom stereocenters. The lowest BCUT2D eigenvalue weighted by atomic mass is 10.2. The summed E-state index contributed by atoms with van der Waals surface area (Å²) in [6.07, 6.45) is 4.39. The molecular weight excluding hydrogens is 333 g/mol. The van der Waals surface area contributed by atoms with Crippen LogP contribution in [0.3, 0.4) is 0 Å². The number of amides is 1. The first-order valence-electron chi connectivity index (χ1n) is 8.05. The number of nitrogens with one attached hydrogen (secondary N) is 1. The molecule has 0 radical (unpaired) electrons. The smallest absolute Gasteiger partial charge is 0.286 e. The Hall–Kier alpha value is -2.01. The van der Waals surface area contributed by atoms with Crippen LogP contribution >= 0.6 is 11.6 Å². The third kappa shape index (κ3) is 5.57. The van der Waals surface area contributed by atoms with Crippen molar-refractivity contribution in [2.75, 3.05) is 6.54 Å².